The first-order valence-electron chi connectivity index (χ1n) is 8.48. The number of carbonyl (C=O) groups is 1. The summed E-state index contributed by atoms with van der Waals surface area (Å²) >= 11 is 6.28. The van der Waals surface area contributed by atoms with Crippen LogP contribution in [-0.2, 0) is 0 Å². The van der Waals surface area contributed by atoms with Crippen molar-refractivity contribution in [2.24, 2.45) is 16.5 Å². The molecule has 29 heavy (non-hydrogen) atoms. The number of benzene rings is 1. The smallest absolute Gasteiger partial charge is 0.252 e. The van der Waals surface area contributed by atoms with Crippen molar-refractivity contribution in [1.82, 2.24) is 10.3 Å². The predicted octanol–water partition coefficient (Wildman–Crippen LogP) is 2.18. The molecule has 1 aromatic carbocycles. The van der Waals surface area contributed by atoms with Crippen molar-refractivity contribution < 1.29 is 4.79 Å². The molecule has 1 amide bonds. The topological polar surface area (TPSA) is 132 Å². The number of carbonyl (C=O) groups excluding carboxylic acids is 1. The SMILES string of the molecule is C=C(N)/N=C(\C(C#Cc1ccc(N)nc1)=C(\C)N)c1ccc(C(=O)NC)c(Cl)c1. The zero-order valence-electron chi connectivity index (χ0n) is 16.1. The molecule has 148 valence electrons. The summed E-state index contributed by atoms with van der Waals surface area (Å²) in [6.07, 6.45) is 1.56. The van der Waals surface area contributed by atoms with E-state index in [0.717, 1.165) is 0 Å². The highest BCUT2D eigenvalue weighted by Crippen LogP contribution is 2.21. The Bertz CT molecular complexity index is 1070. The van der Waals surface area contributed by atoms with Gasteiger partial charge in [-0.1, -0.05) is 36.1 Å². The number of pyridine rings is 1. The fourth-order valence-electron chi connectivity index (χ4n) is 2.35. The van der Waals surface area contributed by atoms with E-state index < -0.39 is 0 Å². The van der Waals surface area contributed by atoms with E-state index in [0.29, 0.717) is 39.5 Å². The molecule has 8 heteroatoms. The van der Waals surface area contributed by atoms with E-state index in [1.165, 1.54) is 7.05 Å². The number of aliphatic imine (C=N–C) groups is 1. The van der Waals surface area contributed by atoms with E-state index in [9.17, 15) is 4.79 Å². The monoisotopic (exact) mass is 408 g/mol. The molecule has 0 saturated heterocycles. The summed E-state index contributed by atoms with van der Waals surface area (Å²) in [5.74, 6) is 6.14. The van der Waals surface area contributed by atoms with Crippen LogP contribution in [0.1, 0.15) is 28.4 Å². The van der Waals surface area contributed by atoms with Gasteiger partial charge in [0, 0.05) is 30.1 Å². The fraction of sp³-hybridized carbons (Fsp3) is 0.0952. The van der Waals surface area contributed by atoms with Crippen molar-refractivity contribution in [1.29, 1.82) is 0 Å². The van der Waals surface area contributed by atoms with E-state index in [1.54, 1.807) is 43.5 Å². The number of hydrogen-bond acceptors (Lipinski definition) is 6. The van der Waals surface area contributed by atoms with Crippen molar-refractivity contribution in [2.75, 3.05) is 12.8 Å². The standard InChI is InChI=1S/C21H21ClN6O/c1-12(23)16(7-4-14-5-9-19(25)27-11-14)20(28-13(2)24)15-6-8-17(18(22)10-15)21(29)26-3/h5-6,8-11H,2,23-24H2,1,3H3,(H2,25,27)(H,26,29)/b16-12-,28-20-. The minimum Gasteiger partial charge on any atom is -0.401 e. The molecule has 2 rings (SSSR count). The number of nitrogens with zero attached hydrogens (tertiary/aromatic N) is 2. The van der Waals surface area contributed by atoms with Gasteiger partial charge in [0.25, 0.3) is 5.91 Å². The molecular weight excluding hydrogens is 388 g/mol. The van der Waals surface area contributed by atoms with Crippen LogP contribution < -0.4 is 22.5 Å². The Hall–Kier alpha value is -3.76. The highest BCUT2D eigenvalue weighted by Gasteiger charge is 2.15. The molecule has 2 aromatic rings. The molecule has 0 aliphatic heterocycles. The lowest BCUT2D eigenvalue weighted by atomic mass is 9.99. The lowest BCUT2D eigenvalue weighted by molar-refractivity contribution is 0.0963. The van der Waals surface area contributed by atoms with Gasteiger partial charge in [0.15, 0.2) is 0 Å². The van der Waals surface area contributed by atoms with Crippen LogP contribution in [0.2, 0.25) is 5.02 Å². The normalized spacial score (nSPS) is 11.8. The second-order valence-electron chi connectivity index (χ2n) is 6.01. The number of rotatable bonds is 4. The maximum atomic E-state index is 11.9. The lowest BCUT2D eigenvalue weighted by Crippen LogP contribution is -2.19. The van der Waals surface area contributed by atoms with Gasteiger partial charge in [0.2, 0.25) is 0 Å². The highest BCUT2D eigenvalue weighted by atomic mass is 35.5. The number of hydrogen-bond donors (Lipinski definition) is 4. The molecule has 0 radical (unpaired) electrons. The maximum absolute atomic E-state index is 11.9. The summed E-state index contributed by atoms with van der Waals surface area (Å²) in [5.41, 5.74) is 20.2. The molecule has 0 atom stereocenters. The van der Waals surface area contributed by atoms with Gasteiger partial charge in [-0.05, 0) is 31.2 Å². The molecule has 0 saturated carbocycles. The maximum Gasteiger partial charge on any atom is 0.252 e. The number of aromatic nitrogens is 1. The molecule has 0 unspecified atom stereocenters. The molecule has 1 aromatic heterocycles. The van der Waals surface area contributed by atoms with Gasteiger partial charge in [-0.3, -0.25) is 4.79 Å². The minimum atomic E-state index is -0.301. The van der Waals surface area contributed by atoms with E-state index in [4.69, 9.17) is 28.8 Å². The van der Waals surface area contributed by atoms with Crippen LogP contribution in [0.4, 0.5) is 5.82 Å². The fourth-order valence-corrected chi connectivity index (χ4v) is 2.61. The van der Waals surface area contributed by atoms with Crippen LogP contribution in [-0.4, -0.2) is 23.7 Å². The summed E-state index contributed by atoms with van der Waals surface area (Å²) in [7, 11) is 1.53. The van der Waals surface area contributed by atoms with E-state index in [-0.39, 0.29) is 16.8 Å². The summed E-state index contributed by atoms with van der Waals surface area (Å²) in [6.45, 7) is 5.32. The van der Waals surface area contributed by atoms with Crippen LogP contribution in [0.25, 0.3) is 0 Å². The number of anilines is 1. The molecule has 0 bridgehead atoms. The first-order valence-corrected chi connectivity index (χ1v) is 8.86. The molecule has 0 aliphatic carbocycles. The Kier molecular flexibility index (Phi) is 7.01. The van der Waals surface area contributed by atoms with E-state index in [2.05, 4.69) is 33.7 Å². The molecule has 7 N–H and O–H groups in total. The summed E-state index contributed by atoms with van der Waals surface area (Å²) in [6, 6.07) is 8.27. The molecular formula is C21H21ClN6O. The molecule has 7 nitrogen and oxygen atoms in total. The summed E-state index contributed by atoms with van der Waals surface area (Å²) in [5, 5.41) is 2.78. The van der Waals surface area contributed by atoms with E-state index in [1.807, 2.05) is 0 Å². The number of nitrogens with two attached hydrogens (primary N) is 3. The first-order chi connectivity index (χ1) is 13.7. The van der Waals surface area contributed by atoms with Crippen molar-refractivity contribution >= 4 is 29.0 Å². The van der Waals surface area contributed by atoms with Crippen LogP contribution in [0.3, 0.4) is 0 Å². The molecule has 0 fully saturated rings. The van der Waals surface area contributed by atoms with Gasteiger partial charge < -0.3 is 22.5 Å². The molecule has 0 aliphatic rings. The summed E-state index contributed by atoms with van der Waals surface area (Å²) < 4.78 is 0. The highest BCUT2D eigenvalue weighted by molar-refractivity contribution is 6.34. The Morgan fingerprint density at radius 2 is 2.00 bits per heavy atom. The van der Waals surface area contributed by atoms with Crippen LogP contribution in [0.5, 0.6) is 0 Å². The Morgan fingerprint density at radius 3 is 2.52 bits per heavy atom. The van der Waals surface area contributed by atoms with Gasteiger partial charge in [-0.25, -0.2) is 9.98 Å². The van der Waals surface area contributed by atoms with Gasteiger partial charge in [0.05, 0.1) is 21.9 Å². The number of nitrogens with one attached hydrogen (secondary N) is 1. The summed E-state index contributed by atoms with van der Waals surface area (Å²) in [4.78, 5) is 20.2. The number of amides is 1. The van der Waals surface area contributed by atoms with Crippen LogP contribution in [0.15, 0.2) is 65.2 Å². The number of nitrogen functional groups attached to an aromatic ring is 1. The average molecular weight is 409 g/mol. The van der Waals surface area contributed by atoms with Crippen LogP contribution in [0, 0.1) is 11.8 Å². The number of allylic oxidation sites excluding steroid dienone is 2. The Labute approximate surface area is 174 Å². The minimum absolute atomic E-state index is 0.0706. The molecule has 0 spiro atoms. The lowest BCUT2D eigenvalue weighted by Gasteiger charge is -2.11. The zero-order chi connectivity index (χ0) is 21.6. The van der Waals surface area contributed by atoms with Crippen molar-refractivity contribution in [3.63, 3.8) is 0 Å². The quantitative estimate of drug-likeness (QED) is 0.454. The third-order valence-corrected chi connectivity index (χ3v) is 4.03. The van der Waals surface area contributed by atoms with Gasteiger partial charge >= 0.3 is 0 Å². The van der Waals surface area contributed by atoms with Crippen molar-refractivity contribution in [2.45, 2.75) is 6.92 Å². The second kappa shape index (κ2) is 9.44. The van der Waals surface area contributed by atoms with Crippen LogP contribution >= 0.6 is 11.6 Å². The third-order valence-electron chi connectivity index (χ3n) is 3.72. The first kappa shape index (κ1) is 21.5. The van der Waals surface area contributed by atoms with Gasteiger partial charge in [-0.15, -0.1) is 0 Å². The Morgan fingerprint density at radius 1 is 1.28 bits per heavy atom. The van der Waals surface area contributed by atoms with E-state index >= 15 is 0 Å². The van der Waals surface area contributed by atoms with Gasteiger partial charge in [0.1, 0.15) is 11.6 Å². The predicted molar refractivity (Wildman–Crippen MR) is 117 cm³/mol. The van der Waals surface area contributed by atoms with Crippen molar-refractivity contribution in [3.8, 4) is 11.8 Å². The van der Waals surface area contributed by atoms with Gasteiger partial charge in [-0.2, -0.15) is 0 Å². The van der Waals surface area contributed by atoms with Crippen molar-refractivity contribution in [3.05, 3.63) is 81.9 Å². The largest absolute Gasteiger partial charge is 0.401 e. The molecule has 1 heterocycles. The zero-order valence-corrected chi connectivity index (χ0v) is 16.8. The Balaban J connectivity index is 2.57. The average Bonchev–Trinajstić information content (AvgIpc) is 2.67. The third kappa shape index (κ3) is 5.61. The number of halogens is 1. The second-order valence-corrected chi connectivity index (χ2v) is 6.41.